The third-order valence-corrected chi connectivity index (χ3v) is 2.80. The molecule has 0 aliphatic heterocycles. The highest BCUT2D eigenvalue weighted by Gasteiger charge is 2.43. The van der Waals surface area contributed by atoms with Gasteiger partial charge < -0.3 is 19.3 Å². The average Bonchev–Trinajstić information content (AvgIpc) is 2.24. The zero-order valence-corrected chi connectivity index (χ0v) is 15.7. The summed E-state index contributed by atoms with van der Waals surface area (Å²) in [6, 6.07) is 0. The minimum atomic E-state index is -1.23. The minimum Gasteiger partial charge on any atom is -0.481 e. The maximum atomic E-state index is 11.9. The topological polar surface area (TPSA) is 65.0 Å². The molecule has 0 aliphatic rings. The van der Waals surface area contributed by atoms with E-state index in [1.807, 2.05) is 62.3 Å². The lowest BCUT2D eigenvalue weighted by Gasteiger charge is -2.36. The molecule has 0 aromatic heterocycles. The quantitative estimate of drug-likeness (QED) is 0.778. The second-order valence-corrected chi connectivity index (χ2v) is 8.79. The van der Waals surface area contributed by atoms with E-state index in [0.29, 0.717) is 0 Å². The fraction of sp³-hybridized carbons (Fsp3) is 0.941. The SMILES string of the molecule is CC(C)(C)OCC(COC(C)(C)C)(COC(C)(C)C)C(=O)O. The molecule has 0 rings (SSSR count). The lowest BCUT2D eigenvalue weighted by atomic mass is 9.90. The molecule has 0 unspecified atom stereocenters. The van der Waals surface area contributed by atoms with Crippen molar-refractivity contribution in [1.82, 2.24) is 0 Å². The second-order valence-electron chi connectivity index (χ2n) is 8.79. The van der Waals surface area contributed by atoms with Gasteiger partial charge in [0.2, 0.25) is 0 Å². The number of carboxylic acid groups (broad SMARTS) is 1. The smallest absolute Gasteiger partial charge is 0.316 e. The van der Waals surface area contributed by atoms with Gasteiger partial charge in [-0.1, -0.05) is 0 Å². The molecule has 0 aromatic rings. The molecule has 0 fully saturated rings. The van der Waals surface area contributed by atoms with Crippen LogP contribution in [0.4, 0.5) is 0 Å². The van der Waals surface area contributed by atoms with E-state index in [1.165, 1.54) is 0 Å². The number of carboxylic acids is 1. The van der Waals surface area contributed by atoms with E-state index in [-0.39, 0.29) is 19.8 Å². The number of carbonyl (C=O) groups is 1. The van der Waals surface area contributed by atoms with Crippen LogP contribution in [0.25, 0.3) is 0 Å². The first-order valence-corrected chi connectivity index (χ1v) is 7.72. The van der Waals surface area contributed by atoms with Gasteiger partial charge in [0.15, 0.2) is 0 Å². The molecule has 0 spiro atoms. The lowest BCUT2D eigenvalue weighted by molar-refractivity contribution is -0.183. The Hall–Kier alpha value is -0.650. The fourth-order valence-corrected chi connectivity index (χ4v) is 1.37. The highest BCUT2D eigenvalue weighted by Crippen LogP contribution is 2.27. The van der Waals surface area contributed by atoms with Gasteiger partial charge in [-0.25, -0.2) is 0 Å². The van der Waals surface area contributed by atoms with Crippen LogP contribution in [0, 0.1) is 5.41 Å². The Balaban J connectivity index is 5.22. The number of ether oxygens (including phenoxy) is 3. The van der Waals surface area contributed by atoms with Crippen LogP contribution in [-0.2, 0) is 19.0 Å². The molecular formula is C17H34O5. The van der Waals surface area contributed by atoms with E-state index < -0.39 is 28.2 Å². The summed E-state index contributed by atoms with van der Waals surface area (Å²) in [5.74, 6) is -0.967. The molecule has 0 aliphatic carbocycles. The number of hydrogen-bond donors (Lipinski definition) is 1. The van der Waals surface area contributed by atoms with Crippen molar-refractivity contribution < 1.29 is 24.1 Å². The van der Waals surface area contributed by atoms with Crippen molar-refractivity contribution in [2.75, 3.05) is 19.8 Å². The van der Waals surface area contributed by atoms with E-state index in [0.717, 1.165) is 0 Å². The molecular weight excluding hydrogens is 284 g/mol. The average molecular weight is 318 g/mol. The normalized spacial score (nSPS) is 14.2. The monoisotopic (exact) mass is 318 g/mol. The zero-order valence-electron chi connectivity index (χ0n) is 15.7. The standard InChI is InChI=1S/C17H34O5/c1-14(2,3)20-10-17(13(18)19,11-21-15(4,5)6)12-22-16(7,8)9/h10-12H2,1-9H3,(H,18,19). The second kappa shape index (κ2) is 7.28. The van der Waals surface area contributed by atoms with Crippen LogP contribution in [0.2, 0.25) is 0 Å². The highest BCUT2D eigenvalue weighted by atomic mass is 16.5. The van der Waals surface area contributed by atoms with Crippen molar-refractivity contribution in [3.8, 4) is 0 Å². The van der Waals surface area contributed by atoms with Gasteiger partial charge in [-0.3, -0.25) is 4.79 Å². The first-order chi connectivity index (χ1) is 9.56. The molecule has 22 heavy (non-hydrogen) atoms. The first kappa shape index (κ1) is 21.4. The van der Waals surface area contributed by atoms with Crippen molar-refractivity contribution in [2.24, 2.45) is 5.41 Å². The minimum absolute atomic E-state index is 0.0397. The molecule has 0 saturated carbocycles. The largest absolute Gasteiger partial charge is 0.481 e. The third kappa shape index (κ3) is 9.38. The molecule has 0 atom stereocenters. The van der Waals surface area contributed by atoms with Gasteiger partial charge >= 0.3 is 5.97 Å². The molecule has 5 heteroatoms. The Morgan fingerprint density at radius 1 is 0.682 bits per heavy atom. The predicted octanol–water partition coefficient (Wildman–Crippen LogP) is 3.50. The Morgan fingerprint density at radius 3 is 1.05 bits per heavy atom. The van der Waals surface area contributed by atoms with E-state index >= 15 is 0 Å². The molecule has 0 heterocycles. The Bertz CT molecular complexity index is 309. The number of aliphatic carboxylic acids is 1. The molecule has 5 nitrogen and oxygen atoms in total. The van der Waals surface area contributed by atoms with Crippen molar-refractivity contribution in [3.63, 3.8) is 0 Å². The summed E-state index contributed by atoms with van der Waals surface area (Å²) in [5.41, 5.74) is -2.51. The van der Waals surface area contributed by atoms with Gasteiger partial charge in [0.25, 0.3) is 0 Å². The fourth-order valence-electron chi connectivity index (χ4n) is 1.37. The van der Waals surface area contributed by atoms with Crippen molar-refractivity contribution >= 4 is 5.97 Å². The lowest BCUT2D eigenvalue weighted by Crippen LogP contribution is -2.48. The summed E-state index contributed by atoms with van der Waals surface area (Å²) < 4.78 is 17.2. The summed E-state index contributed by atoms with van der Waals surface area (Å²) in [6.45, 7) is 17.2. The summed E-state index contributed by atoms with van der Waals surface area (Å²) in [7, 11) is 0. The van der Waals surface area contributed by atoms with Crippen LogP contribution in [0.3, 0.4) is 0 Å². The molecule has 0 amide bonds. The molecule has 0 bridgehead atoms. The highest BCUT2D eigenvalue weighted by molar-refractivity contribution is 5.75. The molecule has 0 saturated heterocycles. The summed E-state index contributed by atoms with van der Waals surface area (Å²) >= 11 is 0. The summed E-state index contributed by atoms with van der Waals surface area (Å²) in [4.78, 5) is 11.9. The van der Waals surface area contributed by atoms with Gasteiger partial charge in [0.05, 0.1) is 36.6 Å². The number of hydrogen-bond acceptors (Lipinski definition) is 4. The Labute approximate surface area is 135 Å². The van der Waals surface area contributed by atoms with E-state index in [4.69, 9.17) is 14.2 Å². The van der Waals surface area contributed by atoms with Crippen LogP contribution in [0.15, 0.2) is 0 Å². The molecule has 0 radical (unpaired) electrons. The van der Waals surface area contributed by atoms with E-state index in [2.05, 4.69) is 0 Å². The van der Waals surface area contributed by atoms with Gasteiger partial charge in [-0.2, -0.15) is 0 Å². The third-order valence-electron chi connectivity index (χ3n) is 2.80. The number of rotatable bonds is 7. The maximum absolute atomic E-state index is 11.9. The van der Waals surface area contributed by atoms with Crippen LogP contribution in [0.5, 0.6) is 0 Å². The van der Waals surface area contributed by atoms with Crippen LogP contribution < -0.4 is 0 Å². The van der Waals surface area contributed by atoms with Gasteiger partial charge in [0, 0.05) is 0 Å². The molecule has 0 aromatic carbocycles. The van der Waals surface area contributed by atoms with Gasteiger partial charge in [0.1, 0.15) is 5.41 Å². The van der Waals surface area contributed by atoms with Crippen LogP contribution in [-0.4, -0.2) is 47.7 Å². The Morgan fingerprint density at radius 2 is 0.909 bits per heavy atom. The van der Waals surface area contributed by atoms with Gasteiger partial charge in [-0.05, 0) is 62.3 Å². The van der Waals surface area contributed by atoms with Crippen molar-refractivity contribution in [3.05, 3.63) is 0 Å². The van der Waals surface area contributed by atoms with Crippen molar-refractivity contribution in [2.45, 2.75) is 79.1 Å². The zero-order chi connectivity index (χ0) is 17.8. The first-order valence-electron chi connectivity index (χ1n) is 7.72. The van der Waals surface area contributed by atoms with Gasteiger partial charge in [-0.15, -0.1) is 0 Å². The van der Waals surface area contributed by atoms with E-state index in [1.54, 1.807) is 0 Å². The predicted molar refractivity (Wildman–Crippen MR) is 87.2 cm³/mol. The summed E-state index contributed by atoms with van der Waals surface area (Å²) in [5, 5.41) is 9.77. The Kier molecular flexibility index (Phi) is 7.07. The summed E-state index contributed by atoms with van der Waals surface area (Å²) in [6.07, 6.45) is 0. The van der Waals surface area contributed by atoms with Crippen LogP contribution in [0.1, 0.15) is 62.3 Å². The van der Waals surface area contributed by atoms with Crippen LogP contribution >= 0.6 is 0 Å². The van der Waals surface area contributed by atoms with E-state index in [9.17, 15) is 9.90 Å². The molecule has 1 N–H and O–H groups in total. The molecule has 132 valence electrons. The maximum Gasteiger partial charge on any atom is 0.316 e. The van der Waals surface area contributed by atoms with Crippen molar-refractivity contribution in [1.29, 1.82) is 0 Å².